The number of aromatic nitrogens is 2. The van der Waals surface area contributed by atoms with Crippen LogP contribution >= 0.6 is 38.9 Å². The SMILES string of the molecule is Clc1noc(-c2ccsc2Br)n1. The molecule has 0 saturated heterocycles. The molecule has 12 heavy (non-hydrogen) atoms. The maximum atomic E-state index is 5.50. The molecule has 2 heterocycles. The smallest absolute Gasteiger partial charge is 0.264 e. The summed E-state index contributed by atoms with van der Waals surface area (Å²) < 4.78 is 5.83. The van der Waals surface area contributed by atoms with Crippen molar-refractivity contribution in [3.8, 4) is 11.5 Å². The summed E-state index contributed by atoms with van der Waals surface area (Å²) in [6.45, 7) is 0. The molecule has 0 bridgehead atoms. The molecule has 0 amide bonds. The molecule has 3 nitrogen and oxygen atoms in total. The molecule has 0 aliphatic heterocycles. The van der Waals surface area contributed by atoms with Gasteiger partial charge in [0.15, 0.2) is 0 Å². The van der Waals surface area contributed by atoms with Crippen LogP contribution in [-0.2, 0) is 0 Å². The summed E-state index contributed by atoms with van der Waals surface area (Å²) in [4.78, 5) is 3.88. The van der Waals surface area contributed by atoms with Crippen molar-refractivity contribution in [2.24, 2.45) is 0 Å². The maximum Gasteiger partial charge on any atom is 0.264 e. The number of thiophene rings is 1. The Kier molecular flexibility index (Phi) is 2.16. The van der Waals surface area contributed by atoms with Gasteiger partial charge in [0.1, 0.15) is 0 Å². The normalized spacial score (nSPS) is 10.5. The molecule has 0 aliphatic rings. The van der Waals surface area contributed by atoms with E-state index in [9.17, 15) is 0 Å². The van der Waals surface area contributed by atoms with Crippen LogP contribution < -0.4 is 0 Å². The van der Waals surface area contributed by atoms with Crippen molar-refractivity contribution in [3.05, 3.63) is 20.5 Å². The minimum absolute atomic E-state index is 0.128. The van der Waals surface area contributed by atoms with E-state index in [1.54, 1.807) is 11.3 Å². The zero-order valence-electron chi connectivity index (χ0n) is 5.62. The van der Waals surface area contributed by atoms with Gasteiger partial charge in [-0.1, -0.05) is 0 Å². The summed E-state index contributed by atoms with van der Waals surface area (Å²) in [6, 6.07) is 1.89. The first-order chi connectivity index (χ1) is 5.77. The van der Waals surface area contributed by atoms with Crippen LogP contribution in [0.3, 0.4) is 0 Å². The number of hydrogen-bond donors (Lipinski definition) is 0. The van der Waals surface area contributed by atoms with E-state index in [0.29, 0.717) is 5.89 Å². The highest BCUT2D eigenvalue weighted by atomic mass is 79.9. The van der Waals surface area contributed by atoms with Gasteiger partial charge in [0, 0.05) is 0 Å². The van der Waals surface area contributed by atoms with Gasteiger partial charge in [-0.15, -0.1) is 11.3 Å². The molecular weight excluding hydrogens is 264 g/mol. The summed E-state index contributed by atoms with van der Waals surface area (Å²) in [7, 11) is 0. The molecular formula is C6H2BrClN2OS. The summed E-state index contributed by atoms with van der Waals surface area (Å²) in [5, 5.41) is 5.53. The first kappa shape index (κ1) is 8.22. The Labute approximate surface area is 85.5 Å². The van der Waals surface area contributed by atoms with Crippen LogP contribution in [-0.4, -0.2) is 10.1 Å². The van der Waals surface area contributed by atoms with E-state index in [1.807, 2.05) is 11.4 Å². The van der Waals surface area contributed by atoms with Crippen molar-refractivity contribution in [1.82, 2.24) is 10.1 Å². The second-order valence-corrected chi connectivity index (χ2v) is 4.55. The topological polar surface area (TPSA) is 38.9 Å². The molecule has 0 saturated carbocycles. The zero-order chi connectivity index (χ0) is 8.55. The van der Waals surface area contributed by atoms with Gasteiger partial charge in [0.25, 0.3) is 11.2 Å². The van der Waals surface area contributed by atoms with Crippen LogP contribution in [0.2, 0.25) is 5.28 Å². The van der Waals surface area contributed by atoms with Crippen LogP contribution in [0.15, 0.2) is 19.8 Å². The Bertz CT molecular complexity index is 400. The molecule has 0 spiro atoms. The molecule has 62 valence electrons. The van der Waals surface area contributed by atoms with Crippen LogP contribution in [0, 0.1) is 0 Å². The minimum atomic E-state index is 0.128. The zero-order valence-corrected chi connectivity index (χ0v) is 8.78. The molecule has 0 aliphatic carbocycles. The highest BCUT2D eigenvalue weighted by Gasteiger charge is 2.11. The third kappa shape index (κ3) is 1.39. The fraction of sp³-hybridized carbons (Fsp3) is 0. The first-order valence-electron chi connectivity index (χ1n) is 3.00. The van der Waals surface area contributed by atoms with Gasteiger partial charge in [-0.2, -0.15) is 4.98 Å². The Morgan fingerprint density at radius 2 is 2.42 bits per heavy atom. The van der Waals surface area contributed by atoms with E-state index >= 15 is 0 Å². The van der Waals surface area contributed by atoms with Gasteiger partial charge >= 0.3 is 0 Å². The number of halogens is 2. The molecule has 2 aromatic rings. The van der Waals surface area contributed by atoms with Crippen LogP contribution in [0.25, 0.3) is 11.5 Å². The lowest BCUT2D eigenvalue weighted by molar-refractivity contribution is 0.430. The minimum Gasteiger partial charge on any atom is -0.333 e. The standard InChI is InChI=1S/C6H2BrClN2OS/c7-4-3(1-2-12-4)5-9-6(8)10-11-5/h1-2H. The van der Waals surface area contributed by atoms with E-state index in [1.165, 1.54) is 0 Å². The second kappa shape index (κ2) is 3.16. The van der Waals surface area contributed by atoms with Crippen molar-refractivity contribution in [1.29, 1.82) is 0 Å². The molecule has 0 N–H and O–H groups in total. The Morgan fingerprint density at radius 3 is 2.92 bits per heavy atom. The molecule has 6 heteroatoms. The summed E-state index contributed by atoms with van der Waals surface area (Å²) in [5.41, 5.74) is 0.874. The van der Waals surface area contributed by atoms with Gasteiger partial charge in [-0.25, -0.2) is 0 Å². The fourth-order valence-electron chi connectivity index (χ4n) is 0.761. The van der Waals surface area contributed by atoms with Gasteiger partial charge in [-0.3, -0.25) is 0 Å². The molecule has 0 unspecified atom stereocenters. The predicted octanol–water partition coefficient (Wildman–Crippen LogP) is 3.21. The van der Waals surface area contributed by atoms with Crippen molar-refractivity contribution in [2.45, 2.75) is 0 Å². The lowest BCUT2D eigenvalue weighted by atomic mass is 10.3. The number of hydrogen-bond acceptors (Lipinski definition) is 4. The average molecular weight is 266 g/mol. The third-order valence-corrected chi connectivity index (χ3v) is 3.09. The molecule has 2 rings (SSSR count). The molecule has 0 fully saturated rings. The van der Waals surface area contributed by atoms with Crippen molar-refractivity contribution >= 4 is 38.9 Å². The van der Waals surface area contributed by atoms with Gasteiger partial charge in [0.05, 0.1) is 9.35 Å². The van der Waals surface area contributed by atoms with Gasteiger partial charge < -0.3 is 4.52 Å². The highest BCUT2D eigenvalue weighted by Crippen LogP contribution is 2.31. The molecule has 0 atom stereocenters. The van der Waals surface area contributed by atoms with E-state index in [4.69, 9.17) is 16.1 Å². The average Bonchev–Trinajstić information content (AvgIpc) is 2.58. The largest absolute Gasteiger partial charge is 0.333 e. The van der Waals surface area contributed by atoms with E-state index < -0.39 is 0 Å². The highest BCUT2D eigenvalue weighted by molar-refractivity contribution is 9.11. The molecule has 0 radical (unpaired) electrons. The van der Waals surface area contributed by atoms with Crippen molar-refractivity contribution < 1.29 is 4.52 Å². The Hall–Kier alpha value is -0.390. The van der Waals surface area contributed by atoms with Gasteiger partial charge in [-0.05, 0) is 44.1 Å². The predicted molar refractivity (Wildman–Crippen MR) is 50.3 cm³/mol. The van der Waals surface area contributed by atoms with Crippen LogP contribution in [0.1, 0.15) is 0 Å². The van der Waals surface area contributed by atoms with Crippen LogP contribution in [0.5, 0.6) is 0 Å². The third-order valence-electron chi connectivity index (χ3n) is 1.25. The monoisotopic (exact) mass is 264 g/mol. The van der Waals surface area contributed by atoms with E-state index in [2.05, 4.69) is 26.1 Å². The lowest BCUT2D eigenvalue weighted by Gasteiger charge is -1.86. The molecule has 2 aromatic heterocycles. The van der Waals surface area contributed by atoms with Crippen molar-refractivity contribution in [2.75, 3.05) is 0 Å². The van der Waals surface area contributed by atoms with Crippen LogP contribution in [0.4, 0.5) is 0 Å². The number of rotatable bonds is 1. The molecule has 0 aromatic carbocycles. The van der Waals surface area contributed by atoms with Crippen molar-refractivity contribution in [3.63, 3.8) is 0 Å². The van der Waals surface area contributed by atoms with E-state index in [-0.39, 0.29) is 5.28 Å². The second-order valence-electron chi connectivity index (χ2n) is 1.98. The quantitative estimate of drug-likeness (QED) is 0.795. The fourth-order valence-corrected chi connectivity index (χ4v) is 2.10. The van der Waals surface area contributed by atoms with E-state index in [0.717, 1.165) is 9.35 Å². The van der Waals surface area contributed by atoms with Gasteiger partial charge in [0.2, 0.25) is 0 Å². The maximum absolute atomic E-state index is 5.50. The Morgan fingerprint density at radius 1 is 1.58 bits per heavy atom. The summed E-state index contributed by atoms with van der Waals surface area (Å²) in [5.74, 6) is 0.438. The number of nitrogens with zero attached hydrogens (tertiary/aromatic N) is 2. The Balaban J connectivity index is 2.50. The summed E-state index contributed by atoms with van der Waals surface area (Å²) >= 11 is 10.4. The lowest BCUT2D eigenvalue weighted by Crippen LogP contribution is -1.71. The summed E-state index contributed by atoms with van der Waals surface area (Å²) in [6.07, 6.45) is 0. The first-order valence-corrected chi connectivity index (χ1v) is 5.05.